The van der Waals surface area contributed by atoms with Crippen molar-refractivity contribution in [1.82, 2.24) is 14.8 Å². The van der Waals surface area contributed by atoms with Gasteiger partial charge in [0, 0.05) is 7.05 Å². The van der Waals surface area contributed by atoms with Crippen LogP contribution in [0.15, 0.2) is 4.79 Å². The van der Waals surface area contributed by atoms with Gasteiger partial charge in [-0.15, -0.1) is 5.10 Å². The van der Waals surface area contributed by atoms with E-state index in [1.165, 1.54) is 7.05 Å². The van der Waals surface area contributed by atoms with Gasteiger partial charge in [-0.05, 0) is 0 Å². The molecule has 0 unspecified atom stereocenters. The number of H-pyrrole nitrogens is 1. The van der Waals surface area contributed by atoms with Crippen LogP contribution in [0.25, 0.3) is 0 Å². The molecule has 0 aliphatic carbocycles. The molecule has 0 atom stereocenters. The Kier molecular flexibility index (Phi) is 3.01. The lowest BCUT2D eigenvalue weighted by Gasteiger charge is -2.14. The summed E-state index contributed by atoms with van der Waals surface area (Å²) in [5, 5.41) is 5.11. The molecule has 0 saturated carbocycles. The molecule has 15 heavy (non-hydrogen) atoms. The summed E-state index contributed by atoms with van der Waals surface area (Å²) < 4.78 is 53.2. The van der Waals surface area contributed by atoms with Crippen LogP contribution >= 0.6 is 0 Å². The summed E-state index contributed by atoms with van der Waals surface area (Å²) in [5.41, 5.74) is -0.689. The van der Waals surface area contributed by atoms with E-state index in [9.17, 15) is 22.4 Å². The van der Waals surface area contributed by atoms with Gasteiger partial charge in [-0.3, -0.25) is 0 Å². The zero-order valence-corrected chi connectivity index (χ0v) is 7.51. The minimum atomic E-state index is -4.27. The Balaban J connectivity index is 2.65. The number of alkyl halides is 4. The van der Waals surface area contributed by atoms with E-state index in [4.69, 9.17) is 0 Å². The second-order valence-electron chi connectivity index (χ2n) is 2.72. The van der Waals surface area contributed by atoms with Gasteiger partial charge in [0.1, 0.15) is 0 Å². The molecule has 1 aromatic heterocycles. The highest BCUT2D eigenvalue weighted by Gasteiger charge is 2.42. The number of hydrogen-bond acceptors (Lipinski definition) is 3. The first kappa shape index (κ1) is 11.5. The van der Waals surface area contributed by atoms with Gasteiger partial charge >= 0.3 is 24.0 Å². The molecule has 0 aromatic carbocycles. The summed E-state index contributed by atoms with van der Waals surface area (Å²) >= 11 is 0. The Hall–Kier alpha value is -1.54. The fourth-order valence-electron chi connectivity index (χ4n) is 0.685. The van der Waals surface area contributed by atoms with E-state index in [2.05, 4.69) is 9.84 Å². The Morgan fingerprint density at radius 3 is 2.60 bits per heavy atom. The number of rotatable bonds is 4. The van der Waals surface area contributed by atoms with Crippen LogP contribution in [-0.2, 0) is 7.05 Å². The molecular weight excluding hydrogens is 222 g/mol. The molecule has 0 spiro atoms. The molecule has 5 nitrogen and oxygen atoms in total. The molecule has 0 saturated heterocycles. The Morgan fingerprint density at radius 1 is 1.60 bits per heavy atom. The molecule has 86 valence electrons. The van der Waals surface area contributed by atoms with Crippen LogP contribution in [0.1, 0.15) is 0 Å². The molecule has 1 N–H and O–H groups in total. The monoisotopic (exact) mass is 229 g/mol. The first-order chi connectivity index (χ1) is 6.84. The fraction of sp³-hybridized carbons (Fsp3) is 0.667. The van der Waals surface area contributed by atoms with Gasteiger partial charge in [-0.1, -0.05) is 0 Å². The minimum absolute atomic E-state index is 0.472. The maximum absolute atomic E-state index is 12.4. The number of nitrogens with one attached hydrogen (secondary N) is 1. The zero-order valence-electron chi connectivity index (χ0n) is 7.51. The van der Waals surface area contributed by atoms with E-state index in [1.54, 1.807) is 0 Å². The van der Waals surface area contributed by atoms with Crippen LogP contribution in [0, 0.1) is 0 Å². The molecule has 0 aliphatic heterocycles. The van der Waals surface area contributed by atoms with Crippen molar-refractivity contribution in [2.45, 2.75) is 12.3 Å². The predicted octanol–water partition coefficient (Wildman–Crippen LogP) is 0.388. The third-order valence-corrected chi connectivity index (χ3v) is 1.55. The van der Waals surface area contributed by atoms with Gasteiger partial charge in [0.05, 0.1) is 0 Å². The third-order valence-electron chi connectivity index (χ3n) is 1.55. The number of halogens is 4. The van der Waals surface area contributed by atoms with Crippen molar-refractivity contribution in [3.8, 4) is 6.01 Å². The number of ether oxygens (including phenoxy) is 1. The van der Waals surface area contributed by atoms with Gasteiger partial charge in [-0.25, -0.2) is 23.2 Å². The van der Waals surface area contributed by atoms with Gasteiger partial charge in [-0.2, -0.15) is 8.78 Å². The topological polar surface area (TPSA) is 59.9 Å². The van der Waals surface area contributed by atoms with Crippen molar-refractivity contribution in [3.63, 3.8) is 0 Å². The molecule has 0 amide bonds. The van der Waals surface area contributed by atoms with Crippen LogP contribution in [0.5, 0.6) is 6.01 Å². The van der Waals surface area contributed by atoms with E-state index >= 15 is 0 Å². The Morgan fingerprint density at radius 2 is 2.20 bits per heavy atom. The van der Waals surface area contributed by atoms with E-state index < -0.39 is 30.7 Å². The maximum Gasteiger partial charge on any atom is 0.345 e. The highest BCUT2D eigenvalue weighted by molar-refractivity contribution is 4.91. The number of hydrogen-bond donors (Lipinski definition) is 1. The van der Waals surface area contributed by atoms with Gasteiger partial charge < -0.3 is 4.74 Å². The van der Waals surface area contributed by atoms with Gasteiger partial charge in [0.15, 0.2) is 6.61 Å². The molecule has 1 aromatic rings. The summed E-state index contributed by atoms with van der Waals surface area (Å²) in [6.45, 7) is -1.54. The minimum Gasteiger partial charge on any atom is -0.457 e. The fourth-order valence-corrected chi connectivity index (χ4v) is 0.685. The largest absolute Gasteiger partial charge is 0.457 e. The molecule has 1 rings (SSSR count). The van der Waals surface area contributed by atoms with Crippen LogP contribution in [0.2, 0.25) is 0 Å². The van der Waals surface area contributed by atoms with E-state index in [0.717, 1.165) is 4.57 Å². The average molecular weight is 229 g/mol. The summed E-state index contributed by atoms with van der Waals surface area (Å²) in [6.07, 6.45) is -3.83. The normalized spacial score (nSPS) is 12.1. The van der Waals surface area contributed by atoms with Crippen molar-refractivity contribution in [3.05, 3.63) is 10.5 Å². The van der Waals surface area contributed by atoms with Crippen LogP contribution in [0.3, 0.4) is 0 Å². The lowest BCUT2D eigenvalue weighted by molar-refractivity contribution is -0.149. The van der Waals surface area contributed by atoms with E-state index in [-0.39, 0.29) is 0 Å². The molecule has 0 aliphatic rings. The predicted molar refractivity (Wildman–Crippen MR) is 40.3 cm³/mol. The van der Waals surface area contributed by atoms with E-state index in [1.807, 2.05) is 5.10 Å². The summed E-state index contributed by atoms with van der Waals surface area (Å²) in [6, 6.07) is -0.472. The molecule has 1 heterocycles. The number of aromatic nitrogens is 3. The van der Waals surface area contributed by atoms with Crippen molar-refractivity contribution in [1.29, 1.82) is 0 Å². The first-order valence-corrected chi connectivity index (χ1v) is 3.75. The molecule has 0 fully saturated rings. The van der Waals surface area contributed by atoms with Crippen molar-refractivity contribution < 1.29 is 22.3 Å². The number of nitrogens with zero attached hydrogens (tertiary/aromatic N) is 2. The van der Waals surface area contributed by atoms with E-state index in [0.29, 0.717) is 0 Å². The lowest BCUT2D eigenvalue weighted by Crippen LogP contribution is -2.34. The first-order valence-electron chi connectivity index (χ1n) is 3.75. The van der Waals surface area contributed by atoms with Crippen molar-refractivity contribution >= 4 is 0 Å². The second kappa shape index (κ2) is 3.91. The second-order valence-corrected chi connectivity index (χ2v) is 2.72. The highest BCUT2D eigenvalue weighted by atomic mass is 19.3. The Labute approximate surface area is 80.7 Å². The van der Waals surface area contributed by atoms with Crippen LogP contribution in [0.4, 0.5) is 17.6 Å². The van der Waals surface area contributed by atoms with Crippen molar-refractivity contribution in [2.24, 2.45) is 7.05 Å². The molecular formula is C6H7F4N3O2. The average Bonchev–Trinajstić information content (AvgIpc) is 2.45. The number of aromatic amines is 1. The highest BCUT2D eigenvalue weighted by Crippen LogP contribution is 2.23. The summed E-state index contributed by atoms with van der Waals surface area (Å²) in [4.78, 5) is 10.7. The lowest BCUT2D eigenvalue weighted by atomic mass is 10.4. The third kappa shape index (κ3) is 2.48. The van der Waals surface area contributed by atoms with Gasteiger partial charge in [0.2, 0.25) is 0 Å². The quantitative estimate of drug-likeness (QED) is 0.759. The zero-order chi connectivity index (χ0) is 11.6. The van der Waals surface area contributed by atoms with Crippen LogP contribution in [-0.4, -0.2) is 33.7 Å². The standard InChI is InChI=1S/C6H7F4N3O2/c1-13-4(14)11-12-5(13)15-2-6(9,10)3(7)8/h3H,2H2,1H3,(H,11,14). The molecule has 0 radical (unpaired) electrons. The smallest absolute Gasteiger partial charge is 0.345 e. The van der Waals surface area contributed by atoms with Crippen molar-refractivity contribution in [2.75, 3.05) is 6.61 Å². The SMILES string of the molecule is Cn1c(OCC(F)(F)C(F)F)n[nH]c1=O. The van der Waals surface area contributed by atoms with Crippen LogP contribution < -0.4 is 10.4 Å². The summed E-state index contributed by atoms with van der Waals surface area (Å²) in [7, 11) is 1.20. The Bertz CT molecular complexity index is 386. The summed E-state index contributed by atoms with van der Waals surface area (Å²) in [5.74, 6) is -4.27. The van der Waals surface area contributed by atoms with Gasteiger partial charge in [0.25, 0.3) is 0 Å². The molecule has 9 heteroatoms. The molecule has 0 bridgehead atoms. The maximum atomic E-state index is 12.4.